The Labute approximate surface area is 132 Å². The largest absolute Gasteiger partial charge is 0.501 e. The smallest absolute Gasteiger partial charge is 0.372 e. The van der Waals surface area contributed by atoms with E-state index in [2.05, 4.69) is 45.3 Å². The van der Waals surface area contributed by atoms with Gasteiger partial charge in [0.05, 0.1) is 19.3 Å². The monoisotopic (exact) mass is 331 g/mol. The highest BCUT2D eigenvalue weighted by Crippen LogP contribution is 2.33. The lowest BCUT2D eigenvalue weighted by atomic mass is 9.89. The van der Waals surface area contributed by atoms with Gasteiger partial charge >= 0.3 is 8.80 Å². The number of nitrogens with zero attached hydrogens (tertiary/aromatic N) is 1. The molecule has 0 spiro atoms. The molecule has 0 saturated carbocycles. The first kappa shape index (κ1) is 17.6. The molecule has 3 saturated heterocycles. The first-order valence-corrected chi connectivity index (χ1v) is 13.9. The van der Waals surface area contributed by atoms with E-state index < -0.39 is 16.9 Å². The number of hydrogen-bond acceptors (Lipinski definition) is 4. The van der Waals surface area contributed by atoms with Crippen LogP contribution in [-0.4, -0.2) is 60.7 Å². The summed E-state index contributed by atoms with van der Waals surface area (Å²) in [4.78, 5) is 2.42. The molecule has 0 aromatic carbocycles. The molecule has 3 heterocycles. The number of rotatable bonds is 3. The summed E-state index contributed by atoms with van der Waals surface area (Å²) in [5.41, 5.74) is 0.122. The summed E-state index contributed by atoms with van der Waals surface area (Å²) in [7, 11) is -3.62. The Morgan fingerprint density at radius 1 is 1.10 bits per heavy atom. The fourth-order valence-corrected chi connectivity index (χ4v) is 9.25. The zero-order valence-corrected chi connectivity index (χ0v) is 16.7. The van der Waals surface area contributed by atoms with E-state index in [9.17, 15) is 0 Å². The summed E-state index contributed by atoms with van der Waals surface area (Å²) in [5.74, 6) is 0. The highest BCUT2D eigenvalue weighted by Gasteiger charge is 2.49. The highest BCUT2D eigenvalue weighted by atomic mass is 28.4. The molecular formula is C15H33NO3Si2. The van der Waals surface area contributed by atoms with Gasteiger partial charge < -0.3 is 13.3 Å². The molecule has 0 radical (unpaired) electrons. The average molecular weight is 332 g/mol. The average Bonchev–Trinajstić information content (AvgIpc) is 2.22. The Morgan fingerprint density at radius 2 is 1.67 bits per heavy atom. The van der Waals surface area contributed by atoms with Gasteiger partial charge in [0.1, 0.15) is 0 Å². The molecule has 0 amide bonds. The zero-order valence-electron chi connectivity index (χ0n) is 14.7. The van der Waals surface area contributed by atoms with Gasteiger partial charge in [-0.05, 0) is 5.41 Å². The molecule has 0 aliphatic carbocycles. The summed E-state index contributed by atoms with van der Waals surface area (Å²) < 4.78 is 19.1. The molecule has 2 bridgehead atoms. The van der Waals surface area contributed by atoms with Crippen LogP contribution in [0.15, 0.2) is 0 Å². The summed E-state index contributed by atoms with van der Waals surface area (Å²) >= 11 is 0. The maximum absolute atomic E-state index is 6.58. The van der Waals surface area contributed by atoms with Gasteiger partial charge in [-0.2, -0.15) is 0 Å². The van der Waals surface area contributed by atoms with Gasteiger partial charge in [-0.25, -0.2) is 0 Å². The van der Waals surface area contributed by atoms with Gasteiger partial charge in [0, 0.05) is 33.8 Å². The highest BCUT2D eigenvalue weighted by molar-refractivity contribution is 6.77. The van der Waals surface area contributed by atoms with Crippen LogP contribution >= 0.6 is 0 Å². The SMILES string of the molecule is CC(C)(C)C1CN2CCO[Si](CC[Si](C)(C)C)(OCC2)O1. The molecule has 0 aromatic rings. The molecule has 3 fully saturated rings. The van der Waals surface area contributed by atoms with Crippen LogP contribution in [0.5, 0.6) is 0 Å². The van der Waals surface area contributed by atoms with Crippen LogP contribution in [0.25, 0.3) is 0 Å². The van der Waals surface area contributed by atoms with Crippen molar-refractivity contribution in [1.82, 2.24) is 4.90 Å². The summed E-state index contributed by atoms with van der Waals surface area (Å²) in [6, 6.07) is 2.22. The standard InChI is InChI=1S/C15H33NO3Si2/c1-15(2,3)14-13-16-7-9-17-21(19-14,18-10-8-16)12-11-20(4,5)6/h14H,7-13H2,1-6H3. The van der Waals surface area contributed by atoms with Crippen LogP contribution < -0.4 is 0 Å². The quantitative estimate of drug-likeness (QED) is 0.744. The minimum absolute atomic E-state index is 0.122. The van der Waals surface area contributed by atoms with Crippen molar-refractivity contribution >= 4 is 16.9 Å². The minimum Gasteiger partial charge on any atom is -0.372 e. The van der Waals surface area contributed by atoms with Gasteiger partial charge in [0.25, 0.3) is 0 Å². The fourth-order valence-electron chi connectivity index (χ4n) is 2.74. The van der Waals surface area contributed by atoms with Gasteiger partial charge in [0.15, 0.2) is 0 Å². The van der Waals surface area contributed by atoms with Crippen LogP contribution in [0, 0.1) is 5.41 Å². The lowest BCUT2D eigenvalue weighted by molar-refractivity contribution is -0.0721. The zero-order chi connectivity index (χ0) is 15.7. The van der Waals surface area contributed by atoms with Crippen LogP contribution in [0.3, 0.4) is 0 Å². The second-order valence-electron chi connectivity index (χ2n) is 8.71. The normalized spacial score (nSPS) is 35.1. The third-order valence-electron chi connectivity index (χ3n) is 4.35. The van der Waals surface area contributed by atoms with Crippen LogP contribution in [-0.2, 0) is 13.3 Å². The summed E-state index contributed by atoms with van der Waals surface area (Å²) in [6.45, 7) is 18.6. The molecule has 1 atom stereocenters. The maximum atomic E-state index is 6.58. The molecule has 124 valence electrons. The second-order valence-corrected chi connectivity index (χ2v) is 17.0. The van der Waals surface area contributed by atoms with E-state index in [1.165, 1.54) is 6.04 Å². The second kappa shape index (κ2) is 6.41. The first-order chi connectivity index (χ1) is 9.60. The van der Waals surface area contributed by atoms with Gasteiger partial charge in [-0.1, -0.05) is 46.5 Å². The van der Waals surface area contributed by atoms with E-state index in [1.807, 2.05) is 0 Å². The van der Waals surface area contributed by atoms with E-state index in [0.29, 0.717) is 0 Å². The lowest BCUT2D eigenvalue weighted by Gasteiger charge is -2.46. The van der Waals surface area contributed by atoms with E-state index in [1.54, 1.807) is 0 Å². The van der Waals surface area contributed by atoms with Crippen LogP contribution in [0.2, 0.25) is 31.7 Å². The number of hydrogen-bond donors (Lipinski definition) is 0. The molecule has 3 rings (SSSR count). The maximum Gasteiger partial charge on any atom is 0.501 e. The van der Waals surface area contributed by atoms with Crippen LogP contribution in [0.4, 0.5) is 0 Å². The van der Waals surface area contributed by atoms with E-state index >= 15 is 0 Å². The van der Waals surface area contributed by atoms with Crippen molar-refractivity contribution in [3.63, 3.8) is 0 Å². The van der Waals surface area contributed by atoms with Crippen LogP contribution in [0.1, 0.15) is 20.8 Å². The van der Waals surface area contributed by atoms with E-state index in [0.717, 1.165) is 38.9 Å². The summed E-state index contributed by atoms with van der Waals surface area (Å²) in [5, 5.41) is 0. The fraction of sp³-hybridized carbons (Fsp3) is 1.00. The minimum atomic E-state index is -2.50. The van der Waals surface area contributed by atoms with Crippen molar-refractivity contribution < 1.29 is 13.3 Å². The van der Waals surface area contributed by atoms with Crippen molar-refractivity contribution in [1.29, 1.82) is 0 Å². The Kier molecular flexibility index (Phi) is 5.38. The first-order valence-electron chi connectivity index (χ1n) is 8.28. The van der Waals surface area contributed by atoms with E-state index in [4.69, 9.17) is 13.3 Å². The van der Waals surface area contributed by atoms with Crippen molar-refractivity contribution in [2.75, 3.05) is 32.8 Å². The molecule has 21 heavy (non-hydrogen) atoms. The molecule has 3 aliphatic rings. The van der Waals surface area contributed by atoms with Crippen molar-refractivity contribution in [2.45, 2.75) is 58.6 Å². The number of fused-ring (bicyclic) bond motifs is 6. The van der Waals surface area contributed by atoms with Gasteiger partial charge in [-0.3, -0.25) is 4.90 Å². The third-order valence-corrected chi connectivity index (χ3v) is 9.40. The Hall–Kier alpha value is 0.274. The van der Waals surface area contributed by atoms with Gasteiger partial charge in [-0.15, -0.1) is 0 Å². The Balaban J connectivity index is 2.17. The molecular weight excluding hydrogens is 298 g/mol. The third kappa shape index (κ3) is 5.15. The predicted octanol–water partition coefficient (Wildman–Crippen LogP) is 3.06. The Morgan fingerprint density at radius 3 is 2.14 bits per heavy atom. The van der Waals surface area contributed by atoms with Crippen molar-refractivity contribution in [3.8, 4) is 0 Å². The van der Waals surface area contributed by atoms with Gasteiger partial charge in [0.2, 0.25) is 0 Å². The predicted molar refractivity (Wildman–Crippen MR) is 91.4 cm³/mol. The molecule has 1 unspecified atom stereocenters. The Bertz CT molecular complexity index is 342. The van der Waals surface area contributed by atoms with Crippen molar-refractivity contribution in [3.05, 3.63) is 0 Å². The topological polar surface area (TPSA) is 30.9 Å². The lowest BCUT2D eigenvalue weighted by Crippen LogP contribution is -2.60. The molecule has 0 aromatic heterocycles. The molecule has 0 N–H and O–H groups in total. The molecule has 4 nitrogen and oxygen atoms in total. The summed E-state index contributed by atoms with van der Waals surface area (Å²) in [6.07, 6.45) is 0.200. The molecule has 3 aliphatic heterocycles. The molecule has 6 heteroatoms. The van der Waals surface area contributed by atoms with E-state index in [-0.39, 0.29) is 11.5 Å². The van der Waals surface area contributed by atoms with Crippen molar-refractivity contribution in [2.24, 2.45) is 5.41 Å².